The van der Waals surface area contributed by atoms with Gasteiger partial charge in [0.25, 0.3) is 0 Å². The van der Waals surface area contributed by atoms with Crippen LogP contribution in [0.3, 0.4) is 0 Å². The van der Waals surface area contributed by atoms with Gasteiger partial charge in [0, 0.05) is 18.5 Å². The third-order valence-corrected chi connectivity index (χ3v) is 4.17. The molecule has 0 aliphatic carbocycles. The van der Waals surface area contributed by atoms with Crippen molar-refractivity contribution in [3.63, 3.8) is 0 Å². The molecule has 0 fully saturated rings. The zero-order chi connectivity index (χ0) is 17.7. The molecule has 0 rings (SSSR count). The average molecular weight is 311 g/mol. The van der Waals surface area contributed by atoms with Gasteiger partial charge in [0.15, 0.2) is 0 Å². The van der Waals surface area contributed by atoms with Crippen molar-refractivity contribution in [2.45, 2.75) is 61.4 Å². The number of amides is 1. The number of esters is 1. The predicted octanol–water partition coefficient (Wildman–Crippen LogP) is 3.66. The smallest absolute Gasteiger partial charge is 0.333 e. The summed E-state index contributed by atoms with van der Waals surface area (Å²) in [5.74, 6) is -0.0995. The molecule has 0 aromatic rings. The van der Waals surface area contributed by atoms with Crippen LogP contribution < -0.4 is 0 Å². The van der Waals surface area contributed by atoms with E-state index in [0.717, 1.165) is 0 Å². The van der Waals surface area contributed by atoms with Gasteiger partial charge in [0.1, 0.15) is 0 Å². The number of nitrogens with zero attached hydrogens (tertiary/aromatic N) is 1. The largest absolute Gasteiger partial charge is 0.463 e. The van der Waals surface area contributed by atoms with Crippen molar-refractivity contribution in [3.8, 4) is 0 Å². The van der Waals surface area contributed by atoms with Gasteiger partial charge in [-0.05, 0) is 25.2 Å². The van der Waals surface area contributed by atoms with Crippen molar-refractivity contribution in [1.82, 2.24) is 4.90 Å². The zero-order valence-corrected chi connectivity index (χ0v) is 15.7. The summed E-state index contributed by atoms with van der Waals surface area (Å²) in [5, 5.41) is 0. The van der Waals surface area contributed by atoms with Crippen molar-refractivity contribution in [3.05, 3.63) is 11.6 Å². The lowest BCUT2D eigenvalue weighted by atomic mass is 9.81. The number of rotatable bonds is 6. The average Bonchev–Trinajstić information content (AvgIpc) is 2.40. The molecular weight excluding hydrogens is 278 g/mol. The third-order valence-electron chi connectivity index (χ3n) is 4.17. The van der Waals surface area contributed by atoms with E-state index >= 15 is 0 Å². The number of carbonyl (C=O) groups is 2. The molecule has 4 heteroatoms. The van der Waals surface area contributed by atoms with Crippen LogP contribution in [0, 0.1) is 17.3 Å². The van der Waals surface area contributed by atoms with E-state index in [1.807, 2.05) is 33.9 Å². The molecule has 0 spiro atoms. The van der Waals surface area contributed by atoms with Crippen molar-refractivity contribution in [2.75, 3.05) is 13.7 Å². The number of hydrogen-bond acceptors (Lipinski definition) is 3. The van der Waals surface area contributed by atoms with Crippen molar-refractivity contribution < 1.29 is 14.3 Å². The Balaban J connectivity index is 5.30. The van der Waals surface area contributed by atoms with E-state index in [9.17, 15) is 9.59 Å². The Morgan fingerprint density at radius 1 is 1.18 bits per heavy atom. The van der Waals surface area contributed by atoms with Gasteiger partial charge in [-0.25, -0.2) is 4.79 Å². The first kappa shape index (κ1) is 20.7. The molecule has 0 radical (unpaired) electrons. The highest BCUT2D eigenvalue weighted by molar-refractivity contribution is 5.88. The minimum Gasteiger partial charge on any atom is -0.463 e. The van der Waals surface area contributed by atoms with E-state index < -0.39 is 0 Å². The summed E-state index contributed by atoms with van der Waals surface area (Å²) in [4.78, 5) is 26.2. The number of hydrogen-bond donors (Lipinski definition) is 0. The second-order valence-corrected chi connectivity index (χ2v) is 7.34. The van der Waals surface area contributed by atoms with Gasteiger partial charge in [0.2, 0.25) is 5.91 Å². The lowest BCUT2D eigenvalue weighted by Gasteiger charge is -2.35. The van der Waals surface area contributed by atoms with E-state index in [-0.39, 0.29) is 35.2 Å². The highest BCUT2D eigenvalue weighted by atomic mass is 16.5. The minimum atomic E-state index is -0.321. The van der Waals surface area contributed by atoms with Crippen LogP contribution in [0.15, 0.2) is 11.6 Å². The first-order valence-corrected chi connectivity index (χ1v) is 8.05. The highest BCUT2D eigenvalue weighted by Crippen LogP contribution is 2.28. The molecule has 22 heavy (non-hydrogen) atoms. The Bertz CT molecular complexity index is 419. The topological polar surface area (TPSA) is 46.6 Å². The predicted molar refractivity (Wildman–Crippen MR) is 90.4 cm³/mol. The Labute approximate surface area is 135 Å². The molecule has 128 valence electrons. The van der Waals surface area contributed by atoms with Crippen LogP contribution >= 0.6 is 0 Å². The van der Waals surface area contributed by atoms with E-state index in [0.29, 0.717) is 12.2 Å². The third kappa shape index (κ3) is 5.82. The summed E-state index contributed by atoms with van der Waals surface area (Å²) in [7, 11) is 1.81. The first-order valence-electron chi connectivity index (χ1n) is 8.05. The van der Waals surface area contributed by atoms with Gasteiger partial charge in [-0.3, -0.25) is 4.79 Å². The summed E-state index contributed by atoms with van der Waals surface area (Å²) in [6.45, 7) is 16.1. The van der Waals surface area contributed by atoms with Gasteiger partial charge >= 0.3 is 5.97 Å². The molecule has 0 aromatic carbocycles. The number of likely N-dealkylation sites (N-methyl/N-ethyl adjacent to an activating group) is 1. The van der Waals surface area contributed by atoms with Crippen LogP contribution in [0.1, 0.15) is 55.4 Å². The normalized spacial score (nSPS) is 15.5. The molecular formula is C18H33NO3. The number of ether oxygens (including phenoxy) is 1. The summed E-state index contributed by atoms with van der Waals surface area (Å²) in [5.41, 5.74) is 0.455. The quantitative estimate of drug-likeness (QED) is 0.555. The molecule has 0 bridgehead atoms. The lowest BCUT2D eigenvalue weighted by molar-refractivity contribution is -0.140. The lowest BCUT2D eigenvalue weighted by Crippen LogP contribution is -2.45. The second-order valence-electron chi connectivity index (χ2n) is 7.34. The van der Waals surface area contributed by atoms with Gasteiger partial charge in [-0.2, -0.15) is 0 Å². The zero-order valence-electron chi connectivity index (χ0n) is 15.7. The molecule has 0 N–H and O–H groups in total. The Hall–Kier alpha value is -1.32. The molecule has 1 amide bonds. The van der Waals surface area contributed by atoms with Crippen molar-refractivity contribution >= 4 is 11.9 Å². The van der Waals surface area contributed by atoms with Crippen molar-refractivity contribution in [1.29, 1.82) is 0 Å². The van der Waals surface area contributed by atoms with E-state index in [4.69, 9.17) is 4.74 Å². The fraction of sp³-hybridized carbons (Fsp3) is 0.778. The summed E-state index contributed by atoms with van der Waals surface area (Å²) in [6.07, 6.45) is 1.84. The fourth-order valence-corrected chi connectivity index (χ4v) is 2.14. The standard InChI is InChI=1S/C18H33NO3/c1-10-22-17(21)13(4)11-15(12(2)3)19(9)16(20)14(5)18(6,7)8/h11-12,14-15H,10H2,1-9H3/b13-11+/t14?,15-/m1/s1. The van der Waals surface area contributed by atoms with Gasteiger partial charge < -0.3 is 9.64 Å². The summed E-state index contributed by atoms with van der Waals surface area (Å²) >= 11 is 0. The van der Waals surface area contributed by atoms with Gasteiger partial charge in [-0.1, -0.05) is 47.6 Å². The Kier molecular flexibility index (Phi) is 7.85. The van der Waals surface area contributed by atoms with E-state index in [1.165, 1.54) is 0 Å². The van der Waals surface area contributed by atoms with Crippen LogP contribution in [0.2, 0.25) is 0 Å². The Morgan fingerprint density at radius 2 is 1.68 bits per heavy atom. The van der Waals surface area contributed by atoms with Crippen molar-refractivity contribution in [2.24, 2.45) is 17.3 Å². The molecule has 0 aliphatic rings. The van der Waals surface area contributed by atoms with Gasteiger partial charge in [-0.15, -0.1) is 0 Å². The fourth-order valence-electron chi connectivity index (χ4n) is 2.14. The minimum absolute atomic E-state index is 0.0879. The maximum atomic E-state index is 12.7. The van der Waals surface area contributed by atoms with Gasteiger partial charge in [0.05, 0.1) is 12.6 Å². The summed E-state index contributed by atoms with van der Waals surface area (Å²) in [6, 6.07) is -0.123. The van der Waals surface area contributed by atoms with Crippen LogP contribution in [0.25, 0.3) is 0 Å². The maximum absolute atomic E-state index is 12.7. The first-order chi connectivity index (χ1) is 9.93. The summed E-state index contributed by atoms with van der Waals surface area (Å²) < 4.78 is 5.02. The number of carbonyl (C=O) groups excluding carboxylic acids is 2. The molecule has 0 aromatic heterocycles. The SMILES string of the molecule is CCOC(=O)/C(C)=C/[C@H](C(C)C)N(C)C(=O)C(C)C(C)(C)C. The molecule has 4 nitrogen and oxygen atoms in total. The molecule has 0 heterocycles. The molecule has 0 saturated heterocycles. The second kappa shape index (κ2) is 8.35. The maximum Gasteiger partial charge on any atom is 0.333 e. The van der Waals surface area contributed by atoms with E-state index in [2.05, 4.69) is 20.8 Å². The molecule has 0 aliphatic heterocycles. The van der Waals surface area contributed by atoms with E-state index in [1.54, 1.807) is 18.7 Å². The van der Waals surface area contributed by atoms with Crippen LogP contribution in [-0.4, -0.2) is 36.5 Å². The highest BCUT2D eigenvalue weighted by Gasteiger charge is 2.32. The molecule has 2 atom stereocenters. The molecule has 0 saturated carbocycles. The van der Waals surface area contributed by atoms with Crippen LogP contribution in [0.4, 0.5) is 0 Å². The Morgan fingerprint density at radius 3 is 2.05 bits per heavy atom. The van der Waals surface area contributed by atoms with Crippen LogP contribution in [-0.2, 0) is 14.3 Å². The van der Waals surface area contributed by atoms with Crippen LogP contribution in [0.5, 0.6) is 0 Å². The molecule has 1 unspecified atom stereocenters. The monoisotopic (exact) mass is 311 g/mol.